The minimum absolute atomic E-state index is 0.110. The quantitative estimate of drug-likeness (QED) is 0.0474. The molecule has 0 aromatic carbocycles. The van der Waals surface area contributed by atoms with Gasteiger partial charge in [-0.25, -0.2) is 0 Å². The number of carboxylic acids is 1. The fraction of sp³-hybridized carbons (Fsp3) is 0.744. The maximum absolute atomic E-state index is 12.4. The van der Waals surface area contributed by atoms with Crippen molar-refractivity contribution in [2.24, 2.45) is 0 Å². The van der Waals surface area contributed by atoms with E-state index in [0.29, 0.717) is 19.3 Å². The molecular formula is C39H68O4. The number of hydrogen-bond acceptors (Lipinski definition) is 3. The van der Waals surface area contributed by atoms with Crippen LogP contribution in [-0.2, 0) is 14.3 Å². The van der Waals surface area contributed by atoms with Crippen LogP contribution in [0.15, 0.2) is 48.6 Å². The molecule has 0 amide bonds. The fourth-order valence-corrected chi connectivity index (χ4v) is 5.12. The number of carbonyl (C=O) groups excluding carboxylic acids is 1. The first kappa shape index (κ1) is 40.9. The van der Waals surface area contributed by atoms with Gasteiger partial charge in [-0.1, -0.05) is 140 Å². The van der Waals surface area contributed by atoms with Gasteiger partial charge in [0.2, 0.25) is 0 Å². The Balaban J connectivity index is 3.83. The van der Waals surface area contributed by atoms with Crippen LogP contribution in [-0.4, -0.2) is 23.1 Å². The normalized spacial score (nSPS) is 12.8. The molecule has 0 aromatic heterocycles. The lowest BCUT2D eigenvalue weighted by molar-refractivity contribution is -0.150. The van der Waals surface area contributed by atoms with E-state index in [1.807, 2.05) is 0 Å². The highest BCUT2D eigenvalue weighted by Crippen LogP contribution is 2.17. The molecule has 0 bridgehead atoms. The Morgan fingerprint density at radius 3 is 1.49 bits per heavy atom. The topological polar surface area (TPSA) is 63.6 Å². The lowest BCUT2D eigenvalue weighted by Crippen LogP contribution is -2.18. The Morgan fingerprint density at radius 2 is 0.930 bits per heavy atom. The van der Waals surface area contributed by atoms with E-state index in [9.17, 15) is 9.59 Å². The molecule has 4 heteroatoms. The van der Waals surface area contributed by atoms with Gasteiger partial charge < -0.3 is 9.84 Å². The molecule has 0 fully saturated rings. The zero-order valence-electron chi connectivity index (χ0n) is 28.3. The summed E-state index contributed by atoms with van der Waals surface area (Å²) in [5.41, 5.74) is 0. The third kappa shape index (κ3) is 34.3. The Kier molecular flexibility index (Phi) is 32.7. The van der Waals surface area contributed by atoms with E-state index >= 15 is 0 Å². The van der Waals surface area contributed by atoms with Gasteiger partial charge >= 0.3 is 11.9 Å². The Hall–Kier alpha value is -2.10. The predicted molar refractivity (Wildman–Crippen MR) is 185 cm³/mol. The second-order valence-electron chi connectivity index (χ2n) is 12.1. The van der Waals surface area contributed by atoms with E-state index in [1.165, 1.54) is 83.5 Å². The first-order valence-corrected chi connectivity index (χ1v) is 18.1. The summed E-state index contributed by atoms with van der Waals surface area (Å²) in [6.45, 7) is 4.48. The second-order valence-corrected chi connectivity index (χ2v) is 12.1. The number of unbranched alkanes of at least 4 members (excludes halogenated alkanes) is 15. The molecular weight excluding hydrogens is 532 g/mol. The van der Waals surface area contributed by atoms with Gasteiger partial charge in [-0.05, 0) is 77.0 Å². The van der Waals surface area contributed by atoms with Crippen molar-refractivity contribution in [1.82, 2.24) is 0 Å². The summed E-state index contributed by atoms with van der Waals surface area (Å²) in [6.07, 6.45) is 45.5. The van der Waals surface area contributed by atoms with Crippen molar-refractivity contribution in [3.63, 3.8) is 0 Å². The zero-order valence-corrected chi connectivity index (χ0v) is 28.3. The Labute approximate surface area is 266 Å². The summed E-state index contributed by atoms with van der Waals surface area (Å²) in [5.74, 6) is -0.888. The van der Waals surface area contributed by atoms with E-state index in [4.69, 9.17) is 9.84 Å². The molecule has 1 unspecified atom stereocenters. The van der Waals surface area contributed by atoms with Gasteiger partial charge in [0.15, 0.2) is 0 Å². The highest BCUT2D eigenvalue weighted by molar-refractivity contribution is 5.69. The van der Waals surface area contributed by atoms with E-state index in [0.717, 1.165) is 57.8 Å². The molecule has 4 nitrogen and oxygen atoms in total. The molecule has 1 N–H and O–H groups in total. The molecule has 43 heavy (non-hydrogen) atoms. The summed E-state index contributed by atoms with van der Waals surface area (Å²) in [6, 6.07) is 0. The average molecular weight is 601 g/mol. The van der Waals surface area contributed by atoms with Crippen LogP contribution in [0.3, 0.4) is 0 Å². The van der Waals surface area contributed by atoms with Gasteiger partial charge in [0.25, 0.3) is 0 Å². The number of carbonyl (C=O) groups is 2. The van der Waals surface area contributed by atoms with Crippen molar-refractivity contribution < 1.29 is 19.4 Å². The molecule has 0 aliphatic rings. The molecule has 0 aromatic rings. The number of allylic oxidation sites excluding steroid dienone is 8. The van der Waals surface area contributed by atoms with Gasteiger partial charge in [-0.2, -0.15) is 0 Å². The van der Waals surface area contributed by atoms with Crippen molar-refractivity contribution in [3.05, 3.63) is 48.6 Å². The molecule has 0 aliphatic heterocycles. The summed E-state index contributed by atoms with van der Waals surface area (Å²) in [5, 5.41) is 8.96. The first-order valence-electron chi connectivity index (χ1n) is 18.1. The van der Waals surface area contributed by atoms with Gasteiger partial charge in [-0.3, -0.25) is 9.59 Å². The van der Waals surface area contributed by atoms with E-state index < -0.39 is 5.97 Å². The van der Waals surface area contributed by atoms with Gasteiger partial charge in [0.1, 0.15) is 6.10 Å². The van der Waals surface area contributed by atoms with Gasteiger partial charge in [0, 0.05) is 12.8 Å². The number of hydrogen-bond donors (Lipinski definition) is 1. The van der Waals surface area contributed by atoms with Crippen LogP contribution in [0.25, 0.3) is 0 Å². The second kappa shape index (κ2) is 34.4. The predicted octanol–water partition coefficient (Wildman–Crippen LogP) is 12.4. The van der Waals surface area contributed by atoms with E-state index in [2.05, 4.69) is 62.5 Å². The van der Waals surface area contributed by atoms with E-state index in [1.54, 1.807) is 0 Å². The number of aliphatic carboxylic acids is 1. The Morgan fingerprint density at radius 1 is 0.512 bits per heavy atom. The average Bonchev–Trinajstić information content (AvgIpc) is 2.99. The molecule has 0 aliphatic carbocycles. The largest absolute Gasteiger partial charge is 0.481 e. The minimum atomic E-state index is -0.778. The molecule has 0 radical (unpaired) electrons. The van der Waals surface area contributed by atoms with Crippen LogP contribution < -0.4 is 0 Å². The first-order chi connectivity index (χ1) is 21.1. The van der Waals surface area contributed by atoms with Crippen LogP contribution in [0.4, 0.5) is 0 Å². The van der Waals surface area contributed by atoms with Crippen LogP contribution in [0.5, 0.6) is 0 Å². The monoisotopic (exact) mass is 601 g/mol. The molecule has 0 spiro atoms. The van der Waals surface area contributed by atoms with Crippen LogP contribution in [0, 0.1) is 0 Å². The fourth-order valence-electron chi connectivity index (χ4n) is 5.12. The van der Waals surface area contributed by atoms with Crippen molar-refractivity contribution >= 4 is 11.9 Å². The molecule has 0 heterocycles. The van der Waals surface area contributed by atoms with Crippen LogP contribution in [0.1, 0.15) is 181 Å². The molecule has 248 valence electrons. The molecule has 0 saturated heterocycles. The highest BCUT2D eigenvalue weighted by atomic mass is 16.5. The van der Waals surface area contributed by atoms with Gasteiger partial charge in [-0.15, -0.1) is 0 Å². The third-order valence-corrected chi connectivity index (χ3v) is 7.80. The molecule has 0 saturated carbocycles. The van der Waals surface area contributed by atoms with Crippen LogP contribution in [0.2, 0.25) is 0 Å². The number of carboxylic acid groups (broad SMARTS) is 1. The maximum atomic E-state index is 12.4. The summed E-state index contributed by atoms with van der Waals surface area (Å²) >= 11 is 0. The summed E-state index contributed by atoms with van der Waals surface area (Å²) in [7, 11) is 0. The van der Waals surface area contributed by atoms with E-state index in [-0.39, 0.29) is 18.5 Å². The molecule has 1 atom stereocenters. The number of ether oxygens (including phenoxy) is 1. The minimum Gasteiger partial charge on any atom is -0.481 e. The third-order valence-electron chi connectivity index (χ3n) is 7.80. The highest BCUT2D eigenvalue weighted by Gasteiger charge is 2.15. The van der Waals surface area contributed by atoms with Crippen LogP contribution >= 0.6 is 0 Å². The van der Waals surface area contributed by atoms with Crippen molar-refractivity contribution in [3.8, 4) is 0 Å². The zero-order chi connectivity index (χ0) is 31.5. The molecule has 0 rings (SSSR count). The Bertz CT molecular complexity index is 734. The maximum Gasteiger partial charge on any atom is 0.306 e. The van der Waals surface area contributed by atoms with Gasteiger partial charge in [0.05, 0.1) is 0 Å². The summed E-state index contributed by atoms with van der Waals surface area (Å²) in [4.78, 5) is 23.3. The SMILES string of the molecule is CCCCC/C=C\C/C=C\C/C=C\C/C=C\CCCCCCCC(=O)OC(CCCCCCCCCC)CCCC(=O)O. The lowest BCUT2D eigenvalue weighted by Gasteiger charge is -2.18. The number of rotatable bonds is 32. The van der Waals surface area contributed by atoms with Crippen molar-refractivity contribution in [2.45, 2.75) is 187 Å². The van der Waals surface area contributed by atoms with Crippen molar-refractivity contribution in [2.75, 3.05) is 0 Å². The smallest absolute Gasteiger partial charge is 0.306 e. The summed E-state index contributed by atoms with van der Waals surface area (Å²) < 4.78 is 5.78. The number of esters is 1. The standard InChI is InChI=1S/C39H68O4/c1-3-5-7-9-11-13-14-15-16-17-18-19-20-21-22-23-24-25-27-29-31-36-39(42)43-37(34-32-35-38(40)41)33-30-28-26-12-10-8-6-4-2/h11,13,15-16,18-19,21-22,37H,3-10,12,14,17,20,23-36H2,1-2H3,(H,40,41)/b13-11-,16-15-,19-18-,22-21-. The lowest BCUT2D eigenvalue weighted by atomic mass is 10.0. The van der Waals surface area contributed by atoms with Crippen molar-refractivity contribution in [1.29, 1.82) is 0 Å².